The van der Waals surface area contributed by atoms with Crippen LogP contribution in [0.3, 0.4) is 0 Å². The van der Waals surface area contributed by atoms with E-state index in [0.717, 1.165) is 12.0 Å². The first-order valence-corrected chi connectivity index (χ1v) is 6.38. The van der Waals surface area contributed by atoms with Crippen molar-refractivity contribution in [2.24, 2.45) is 5.73 Å². The summed E-state index contributed by atoms with van der Waals surface area (Å²) in [4.78, 5) is 23.1. The molecular weight excluding hydrogens is 242 g/mol. The summed E-state index contributed by atoms with van der Waals surface area (Å²) in [5.41, 5.74) is 6.58. The monoisotopic (exact) mass is 263 g/mol. The quantitative estimate of drug-likeness (QED) is 0.685. The van der Waals surface area contributed by atoms with Crippen molar-refractivity contribution in [2.75, 3.05) is 6.54 Å². The van der Waals surface area contributed by atoms with Crippen molar-refractivity contribution in [3.8, 4) is 0 Å². The summed E-state index contributed by atoms with van der Waals surface area (Å²) in [5.74, 6) is -0.532. The molecule has 0 unspecified atom stereocenters. The van der Waals surface area contributed by atoms with E-state index in [1.807, 2.05) is 30.3 Å². The number of nitrogens with two attached hydrogens (primary N) is 1. The zero-order chi connectivity index (χ0) is 14.3. The van der Waals surface area contributed by atoms with Gasteiger partial charge in [-0.1, -0.05) is 30.3 Å². The Morgan fingerprint density at radius 3 is 2.37 bits per heavy atom. The molecule has 2 atom stereocenters. The van der Waals surface area contributed by atoms with Crippen LogP contribution >= 0.6 is 0 Å². The predicted molar refractivity (Wildman–Crippen MR) is 74.4 cm³/mol. The fraction of sp³-hybridized carbons (Fsp3) is 0.429. The first kappa shape index (κ1) is 15.2. The van der Waals surface area contributed by atoms with Gasteiger partial charge in [0.25, 0.3) is 0 Å². The zero-order valence-corrected chi connectivity index (χ0v) is 11.3. The number of amides is 2. The lowest BCUT2D eigenvalue weighted by molar-refractivity contribution is -0.129. The minimum absolute atomic E-state index is 0.204. The minimum Gasteiger partial charge on any atom is -0.354 e. The van der Waals surface area contributed by atoms with Gasteiger partial charge in [-0.3, -0.25) is 9.59 Å². The highest BCUT2D eigenvalue weighted by Gasteiger charge is 2.16. The molecule has 0 spiro atoms. The first-order valence-electron chi connectivity index (χ1n) is 6.38. The summed E-state index contributed by atoms with van der Waals surface area (Å²) in [6.07, 6.45) is 0.764. The number of hydrogen-bond acceptors (Lipinski definition) is 3. The maximum Gasteiger partial charge on any atom is 0.242 e. The van der Waals surface area contributed by atoms with Crippen LogP contribution in [0.1, 0.15) is 19.4 Å². The van der Waals surface area contributed by atoms with E-state index in [1.54, 1.807) is 13.8 Å². The van der Waals surface area contributed by atoms with Gasteiger partial charge in [-0.05, 0) is 25.8 Å². The Morgan fingerprint density at radius 1 is 1.16 bits per heavy atom. The summed E-state index contributed by atoms with van der Waals surface area (Å²) >= 11 is 0. The van der Waals surface area contributed by atoms with E-state index in [9.17, 15) is 9.59 Å². The lowest BCUT2D eigenvalue weighted by atomic mass is 10.1. The summed E-state index contributed by atoms with van der Waals surface area (Å²) in [5, 5.41) is 5.33. The molecule has 0 aliphatic heterocycles. The highest BCUT2D eigenvalue weighted by Crippen LogP contribution is 1.98. The van der Waals surface area contributed by atoms with Crippen molar-refractivity contribution in [1.29, 1.82) is 0 Å². The third-order valence-corrected chi connectivity index (χ3v) is 2.72. The van der Waals surface area contributed by atoms with Gasteiger partial charge >= 0.3 is 0 Å². The van der Waals surface area contributed by atoms with Gasteiger partial charge in [0.15, 0.2) is 0 Å². The third kappa shape index (κ3) is 5.52. The van der Waals surface area contributed by atoms with Gasteiger partial charge in [0.2, 0.25) is 11.8 Å². The second-order valence-electron chi connectivity index (χ2n) is 4.55. The fourth-order valence-corrected chi connectivity index (χ4v) is 1.54. The molecule has 104 valence electrons. The molecule has 19 heavy (non-hydrogen) atoms. The van der Waals surface area contributed by atoms with Crippen molar-refractivity contribution in [2.45, 2.75) is 32.4 Å². The van der Waals surface area contributed by atoms with Crippen LogP contribution in [-0.4, -0.2) is 30.4 Å². The average molecular weight is 263 g/mol. The molecule has 0 heterocycles. The van der Waals surface area contributed by atoms with Crippen LogP contribution in [0.4, 0.5) is 0 Å². The fourth-order valence-electron chi connectivity index (χ4n) is 1.54. The second kappa shape index (κ2) is 7.53. The molecule has 0 aliphatic rings. The minimum atomic E-state index is -0.612. The number of benzene rings is 1. The molecule has 0 saturated heterocycles. The molecule has 0 fully saturated rings. The standard InChI is InChI=1S/C14H21N3O2/c1-10(15)13(18)17-11(2)14(19)16-9-8-12-6-4-3-5-7-12/h3-7,10-11H,8-9,15H2,1-2H3,(H,16,19)(H,17,18)/t10-,11-/m1/s1. The lowest BCUT2D eigenvalue weighted by Crippen LogP contribution is -2.49. The molecule has 0 aliphatic carbocycles. The Hall–Kier alpha value is -1.88. The first-order chi connectivity index (χ1) is 9.00. The van der Waals surface area contributed by atoms with Crippen molar-refractivity contribution in [1.82, 2.24) is 10.6 Å². The van der Waals surface area contributed by atoms with Crippen molar-refractivity contribution >= 4 is 11.8 Å². The topological polar surface area (TPSA) is 84.2 Å². The summed E-state index contributed by atoms with van der Waals surface area (Å²) < 4.78 is 0. The Bertz CT molecular complexity index is 418. The normalized spacial score (nSPS) is 13.4. The third-order valence-electron chi connectivity index (χ3n) is 2.72. The Balaban J connectivity index is 2.29. The average Bonchev–Trinajstić information content (AvgIpc) is 2.39. The lowest BCUT2D eigenvalue weighted by Gasteiger charge is -2.15. The number of carbonyl (C=O) groups excluding carboxylic acids is 2. The molecule has 5 heteroatoms. The van der Waals surface area contributed by atoms with Crippen LogP contribution in [0.2, 0.25) is 0 Å². The number of nitrogens with one attached hydrogen (secondary N) is 2. The maximum absolute atomic E-state index is 11.7. The van der Waals surface area contributed by atoms with E-state index in [-0.39, 0.29) is 11.8 Å². The molecule has 2 amide bonds. The molecule has 0 saturated carbocycles. The van der Waals surface area contributed by atoms with E-state index in [0.29, 0.717) is 6.54 Å². The van der Waals surface area contributed by atoms with Crippen LogP contribution in [0.25, 0.3) is 0 Å². The zero-order valence-electron chi connectivity index (χ0n) is 11.3. The number of carbonyl (C=O) groups is 2. The van der Waals surface area contributed by atoms with E-state index in [1.165, 1.54) is 0 Å². The van der Waals surface area contributed by atoms with Gasteiger partial charge in [-0.15, -0.1) is 0 Å². The maximum atomic E-state index is 11.7. The van der Waals surface area contributed by atoms with Crippen LogP contribution in [0.5, 0.6) is 0 Å². The number of rotatable bonds is 6. The SMILES string of the molecule is C[C@@H](N)C(=O)N[C@H](C)C(=O)NCCc1ccccc1. The van der Waals surface area contributed by atoms with Gasteiger partial charge in [-0.2, -0.15) is 0 Å². The second-order valence-corrected chi connectivity index (χ2v) is 4.55. The highest BCUT2D eigenvalue weighted by molar-refractivity contribution is 5.89. The molecule has 0 aromatic heterocycles. The van der Waals surface area contributed by atoms with Gasteiger partial charge in [-0.25, -0.2) is 0 Å². The molecule has 4 N–H and O–H groups in total. The number of hydrogen-bond donors (Lipinski definition) is 3. The Labute approximate surface area is 113 Å². The molecule has 1 aromatic rings. The molecule has 0 radical (unpaired) electrons. The van der Waals surface area contributed by atoms with Crippen LogP contribution < -0.4 is 16.4 Å². The van der Waals surface area contributed by atoms with E-state index in [2.05, 4.69) is 10.6 Å². The van der Waals surface area contributed by atoms with Gasteiger partial charge < -0.3 is 16.4 Å². The van der Waals surface area contributed by atoms with Crippen LogP contribution in [0, 0.1) is 0 Å². The predicted octanol–water partition coefficient (Wildman–Crippen LogP) is 0.197. The largest absolute Gasteiger partial charge is 0.354 e. The van der Waals surface area contributed by atoms with Gasteiger partial charge in [0.05, 0.1) is 6.04 Å². The summed E-state index contributed by atoms with van der Waals surface area (Å²) in [6.45, 7) is 3.76. The van der Waals surface area contributed by atoms with Crippen LogP contribution in [-0.2, 0) is 16.0 Å². The van der Waals surface area contributed by atoms with E-state index in [4.69, 9.17) is 5.73 Å². The molecule has 5 nitrogen and oxygen atoms in total. The van der Waals surface area contributed by atoms with Crippen molar-refractivity contribution < 1.29 is 9.59 Å². The summed E-state index contributed by atoms with van der Waals surface area (Å²) in [6, 6.07) is 8.70. The van der Waals surface area contributed by atoms with Crippen LogP contribution in [0.15, 0.2) is 30.3 Å². The van der Waals surface area contributed by atoms with Gasteiger partial charge in [0, 0.05) is 6.54 Å². The molecule has 1 rings (SSSR count). The smallest absolute Gasteiger partial charge is 0.242 e. The van der Waals surface area contributed by atoms with Gasteiger partial charge in [0.1, 0.15) is 6.04 Å². The highest BCUT2D eigenvalue weighted by atomic mass is 16.2. The van der Waals surface area contributed by atoms with Crippen molar-refractivity contribution in [3.63, 3.8) is 0 Å². The van der Waals surface area contributed by atoms with E-state index < -0.39 is 12.1 Å². The molecular formula is C14H21N3O2. The molecule has 1 aromatic carbocycles. The van der Waals surface area contributed by atoms with E-state index >= 15 is 0 Å². The molecule has 0 bridgehead atoms. The summed E-state index contributed by atoms with van der Waals surface area (Å²) in [7, 11) is 0. The van der Waals surface area contributed by atoms with Crippen molar-refractivity contribution in [3.05, 3.63) is 35.9 Å². The Morgan fingerprint density at radius 2 is 1.79 bits per heavy atom. The Kier molecular flexibility index (Phi) is 6.02.